The summed E-state index contributed by atoms with van der Waals surface area (Å²) in [6.07, 6.45) is 5.55. The molecule has 1 fully saturated rings. The van der Waals surface area contributed by atoms with Crippen molar-refractivity contribution in [1.82, 2.24) is 30.5 Å². The first-order chi connectivity index (χ1) is 11.0. The third-order valence-corrected chi connectivity index (χ3v) is 4.12. The molecule has 0 radical (unpaired) electrons. The van der Waals surface area contributed by atoms with Gasteiger partial charge in [-0.2, -0.15) is 4.98 Å². The number of nitrogens with one attached hydrogen (secondary N) is 1. The van der Waals surface area contributed by atoms with Crippen molar-refractivity contribution in [3.63, 3.8) is 0 Å². The van der Waals surface area contributed by atoms with Gasteiger partial charge in [0.1, 0.15) is 6.04 Å². The lowest BCUT2D eigenvalue weighted by atomic mass is 9.92. The highest BCUT2D eigenvalue weighted by Gasteiger charge is 2.23. The second kappa shape index (κ2) is 6.45. The van der Waals surface area contributed by atoms with Gasteiger partial charge < -0.3 is 15.6 Å². The van der Waals surface area contributed by atoms with Crippen LogP contribution in [-0.2, 0) is 0 Å². The van der Waals surface area contributed by atoms with E-state index in [0.29, 0.717) is 11.7 Å². The molecule has 0 aromatic carbocycles. The molecule has 1 unspecified atom stereocenters. The molecule has 0 saturated heterocycles. The second-order valence-corrected chi connectivity index (χ2v) is 6.03. The third-order valence-electron chi connectivity index (χ3n) is 4.12. The van der Waals surface area contributed by atoms with E-state index in [1.165, 1.54) is 0 Å². The van der Waals surface area contributed by atoms with Gasteiger partial charge in [0, 0.05) is 6.04 Å². The van der Waals surface area contributed by atoms with E-state index in [2.05, 4.69) is 25.8 Å². The Morgan fingerprint density at radius 2 is 2.17 bits per heavy atom. The molecule has 0 aliphatic heterocycles. The summed E-state index contributed by atoms with van der Waals surface area (Å²) in [5.74, 6) is 0.583. The van der Waals surface area contributed by atoms with Gasteiger partial charge >= 0.3 is 0 Å². The van der Waals surface area contributed by atoms with Crippen LogP contribution in [-0.4, -0.2) is 37.1 Å². The zero-order valence-electron chi connectivity index (χ0n) is 13.3. The summed E-state index contributed by atoms with van der Waals surface area (Å²) in [5, 5.41) is 14.5. The number of hydrogen-bond donors (Lipinski definition) is 2. The fraction of sp³-hybridized carbons (Fsp3) is 0.643. The van der Waals surface area contributed by atoms with E-state index in [0.717, 1.165) is 25.7 Å². The maximum absolute atomic E-state index is 12.2. The molecule has 124 valence electrons. The minimum atomic E-state index is -0.387. The quantitative estimate of drug-likeness (QED) is 0.857. The number of amides is 1. The van der Waals surface area contributed by atoms with Crippen molar-refractivity contribution in [2.45, 2.75) is 57.7 Å². The van der Waals surface area contributed by atoms with Crippen molar-refractivity contribution in [3.8, 4) is 0 Å². The Morgan fingerprint density at radius 3 is 2.83 bits per heavy atom. The minimum absolute atomic E-state index is 0.264. The van der Waals surface area contributed by atoms with Crippen LogP contribution in [0.5, 0.6) is 0 Å². The maximum atomic E-state index is 12.2. The lowest BCUT2D eigenvalue weighted by Gasteiger charge is -2.25. The normalized spacial score (nSPS) is 22.7. The van der Waals surface area contributed by atoms with Gasteiger partial charge in [-0.05, 0) is 39.5 Å². The molecule has 2 aromatic heterocycles. The fourth-order valence-corrected chi connectivity index (χ4v) is 2.75. The Balaban J connectivity index is 1.62. The molecular formula is C14H21N7O2. The van der Waals surface area contributed by atoms with E-state index >= 15 is 0 Å². The van der Waals surface area contributed by atoms with Crippen molar-refractivity contribution in [3.05, 3.63) is 23.6 Å². The van der Waals surface area contributed by atoms with Crippen LogP contribution in [0.4, 0.5) is 0 Å². The summed E-state index contributed by atoms with van der Waals surface area (Å²) < 4.78 is 6.81. The molecule has 2 aromatic rings. The Morgan fingerprint density at radius 1 is 1.43 bits per heavy atom. The molecule has 9 nitrogen and oxygen atoms in total. The molecule has 1 amide bonds. The van der Waals surface area contributed by atoms with Gasteiger partial charge in [-0.25, -0.2) is 4.68 Å². The molecule has 0 spiro atoms. The first kappa shape index (κ1) is 15.6. The summed E-state index contributed by atoms with van der Waals surface area (Å²) in [7, 11) is 0. The monoisotopic (exact) mass is 319 g/mol. The van der Waals surface area contributed by atoms with Crippen LogP contribution in [0, 0.1) is 6.92 Å². The maximum Gasteiger partial charge on any atom is 0.274 e. The summed E-state index contributed by atoms with van der Waals surface area (Å²) >= 11 is 0. The highest BCUT2D eigenvalue weighted by molar-refractivity contribution is 5.92. The molecule has 1 saturated carbocycles. The SMILES string of the molecule is Cc1noc(C(C)NC(=O)c2cn(C3CCC(N)CC3)nn2)n1. The number of rotatable bonds is 4. The highest BCUT2D eigenvalue weighted by atomic mass is 16.5. The van der Waals surface area contributed by atoms with Crippen molar-refractivity contribution in [2.24, 2.45) is 5.73 Å². The van der Waals surface area contributed by atoms with Crippen molar-refractivity contribution in [2.75, 3.05) is 0 Å². The van der Waals surface area contributed by atoms with Gasteiger partial charge in [0.2, 0.25) is 5.89 Å². The Kier molecular flexibility index (Phi) is 4.37. The third kappa shape index (κ3) is 3.55. The lowest BCUT2D eigenvalue weighted by Crippen LogP contribution is -2.28. The van der Waals surface area contributed by atoms with Crippen LogP contribution in [0.15, 0.2) is 10.7 Å². The molecule has 3 rings (SSSR count). The van der Waals surface area contributed by atoms with Crippen molar-refractivity contribution in [1.29, 1.82) is 0 Å². The van der Waals surface area contributed by atoms with E-state index in [1.807, 2.05) is 0 Å². The van der Waals surface area contributed by atoms with Crippen LogP contribution in [0.25, 0.3) is 0 Å². The number of nitrogens with zero attached hydrogens (tertiary/aromatic N) is 5. The van der Waals surface area contributed by atoms with Crippen LogP contribution in [0.3, 0.4) is 0 Å². The van der Waals surface area contributed by atoms with Gasteiger partial charge in [0.05, 0.1) is 12.2 Å². The van der Waals surface area contributed by atoms with E-state index < -0.39 is 0 Å². The molecule has 1 aliphatic carbocycles. The smallest absolute Gasteiger partial charge is 0.274 e. The average molecular weight is 319 g/mol. The number of aryl methyl sites for hydroxylation is 1. The van der Waals surface area contributed by atoms with Gasteiger partial charge in [-0.3, -0.25) is 4.79 Å². The van der Waals surface area contributed by atoms with Crippen LogP contribution in [0.1, 0.15) is 66.9 Å². The highest BCUT2D eigenvalue weighted by Crippen LogP contribution is 2.26. The molecule has 2 heterocycles. The summed E-state index contributed by atoms with van der Waals surface area (Å²) in [6, 6.07) is 0.151. The minimum Gasteiger partial charge on any atom is -0.339 e. The van der Waals surface area contributed by atoms with Gasteiger partial charge in [0.15, 0.2) is 11.5 Å². The summed E-state index contributed by atoms with van der Waals surface area (Å²) in [4.78, 5) is 16.3. The van der Waals surface area contributed by atoms with E-state index in [1.54, 1.807) is 24.7 Å². The summed E-state index contributed by atoms with van der Waals surface area (Å²) in [5.41, 5.74) is 6.19. The number of carbonyl (C=O) groups excluding carboxylic acids is 1. The molecule has 9 heteroatoms. The molecule has 1 aliphatic rings. The predicted octanol–water partition coefficient (Wildman–Crippen LogP) is 0.903. The molecular weight excluding hydrogens is 298 g/mol. The van der Waals surface area contributed by atoms with Gasteiger partial charge in [0.25, 0.3) is 5.91 Å². The molecule has 3 N–H and O–H groups in total. The largest absolute Gasteiger partial charge is 0.339 e. The Labute approximate surface area is 133 Å². The van der Waals surface area contributed by atoms with Crippen LogP contribution < -0.4 is 11.1 Å². The van der Waals surface area contributed by atoms with Gasteiger partial charge in [-0.15, -0.1) is 5.10 Å². The Bertz CT molecular complexity index is 672. The van der Waals surface area contributed by atoms with Gasteiger partial charge in [-0.1, -0.05) is 10.4 Å². The number of carbonyl (C=O) groups is 1. The average Bonchev–Trinajstić information content (AvgIpc) is 3.17. The molecule has 23 heavy (non-hydrogen) atoms. The van der Waals surface area contributed by atoms with Crippen molar-refractivity contribution >= 4 is 5.91 Å². The second-order valence-electron chi connectivity index (χ2n) is 6.03. The zero-order chi connectivity index (χ0) is 16.4. The predicted molar refractivity (Wildman–Crippen MR) is 80.4 cm³/mol. The van der Waals surface area contributed by atoms with E-state index in [9.17, 15) is 4.79 Å². The number of aromatic nitrogens is 5. The molecule has 0 bridgehead atoms. The summed E-state index contributed by atoms with van der Waals surface area (Å²) in [6.45, 7) is 3.50. The topological polar surface area (TPSA) is 125 Å². The van der Waals surface area contributed by atoms with E-state index in [-0.39, 0.29) is 29.7 Å². The first-order valence-corrected chi connectivity index (χ1v) is 7.81. The van der Waals surface area contributed by atoms with Crippen LogP contribution in [0.2, 0.25) is 0 Å². The Hall–Kier alpha value is -2.29. The van der Waals surface area contributed by atoms with Crippen LogP contribution >= 0.6 is 0 Å². The zero-order valence-corrected chi connectivity index (χ0v) is 13.3. The first-order valence-electron chi connectivity index (χ1n) is 7.81. The number of nitrogens with two attached hydrogens (primary N) is 1. The number of hydrogen-bond acceptors (Lipinski definition) is 7. The lowest BCUT2D eigenvalue weighted by molar-refractivity contribution is 0.0927. The standard InChI is InChI=1S/C14H21N7O2/c1-8(14-17-9(2)19-23-14)16-13(22)12-7-21(20-18-12)11-5-3-10(15)4-6-11/h7-8,10-11H,3-6,15H2,1-2H3,(H,16,22). The van der Waals surface area contributed by atoms with Crippen molar-refractivity contribution < 1.29 is 9.32 Å². The van der Waals surface area contributed by atoms with E-state index in [4.69, 9.17) is 10.3 Å². The molecule has 1 atom stereocenters. The fourth-order valence-electron chi connectivity index (χ4n) is 2.75.